The first-order valence-electron chi connectivity index (χ1n) is 7.40. The van der Waals surface area contributed by atoms with Crippen LogP contribution in [0.25, 0.3) is 0 Å². The molecule has 1 aliphatic heterocycles. The Morgan fingerprint density at radius 2 is 1.54 bits per heavy atom. The maximum Gasteiger partial charge on any atom is 0.335 e. The number of ketones is 2. The number of Topliss-reactive ketones (excluding diaryl/α,β-unsaturated/α-hetero) is 2. The van der Waals surface area contributed by atoms with Gasteiger partial charge in [0.15, 0.2) is 17.6 Å². The summed E-state index contributed by atoms with van der Waals surface area (Å²) in [5.74, 6) is -8.48. The summed E-state index contributed by atoms with van der Waals surface area (Å²) in [5.41, 5.74) is -1.50. The van der Waals surface area contributed by atoms with Gasteiger partial charge in [0.25, 0.3) is 0 Å². The second-order valence-electron chi connectivity index (χ2n) is 5.93. The van der Waals surface area contributed by atoms with Gasteiger partial charge in [-0.15, -0.1) is 0 Å². The van der Waals surface area contributed by atoms with Crippen LogP contribution in [0.2, 0.25) is 0 Å². The van der Waals surface area contributed by atoms with Crippen LogP contribution in [0.1, 0.15) is 20.7 Å². The molecular weight excluding hydrogens is 352 g/mol. The lowest BCUT2D eigenvalue weighted by molar-refractivity contribution is -0.323. The zero-order valence-electron chi connectivity index (χ0n) is 12.9. The van der Waals surface area contributed by atoms with Crippen molar-refractivity contribution in [3.8, 4) is 0 Å². The predicted octanol–water partition coefficient (Wildman–Crippen LogP) is -1.87. The molecule has 1 aromatic rings. The molecule has 138 valence electrons. The van der Waals surface area contributed by atoms with Crippen molar-refractivity contribution in [2.24, 2.45) is 0 Å². The van der Waals surface area contributed by atoms with Gasteiger partial charge < -0.3 is 35.4 Å². The Labute approximate surface area is 145 Å². The van der Waals surface area contributed by atoms with Crippen LogP contribution in [0.4, 0.5) is 0 Å². The summed E-state index contributed by atoms with van der Waals surface area (Å²) < 4.78 is 4.78. The molecule has 3 rings (SSSR count). The first-order valence-corrected chi connectivity index (χ1v) is 7.40. The summed E-state index contributed by atoms with van der Waals surface area (Å²) in [6.45, 7) is 0. The van der Waals surface area contributed by atoms with E-state index in [0.29, 0.717) is 0 Å². The smallest absolute Gasteiger partial charge is 0.335 e. The van der Waals surface area contributed by atoms with Crippen molar-refractivity contribution >= 4 is 17.5 Å². The molecule has 1 fully saturated rings. The fraction of sp³-hybridized carbons (Fsp3) is 0.312. The maximum absolute atomic E-state index is 12.7. The molecule has 10 heteroatoms. The normalized spacial score (nSPS) is 34.6. The summed E-state index contributed by atoms with van der Waals surface area (Å²) in [6.07, 6.45) is -9.03. The molecule has 1 aromatic carbocycles. The number of carboxylic acids is 1. The molecule has 0 bridgehead atoms. The van der Waals surface area contributed by atoms with E-state index in [1.807, 2.05) is 0 Å². The number of rotatable bonds is 2. The number of carbonyl (C=O) groups is 3. The van der Waals surface area contributed by atoms with E-state index in [1.165, 1.54) is 24.3 Å². The van der Waals surface area contributed by atoms with Crippen LogP contribution in [0.3, 0.4) is 0 Å². The van der Waals surface area contributed by atoms with E-state index in [1.54, 1.807) is 0 Å². The Kier molecular flexibility index (Phi) is 4.17. The second-order valence-corrected chi connectivity index (χ2v) is 5.93. The molecule has 1 heterocycles. The van der Waals surface area contributed by atoms with Crippen molar-refractivity contribution in [1.82, 2.24) is 0 Å². The fourth-order valence-corrected chi connectivity index (χ4v) is 3.03. The first-order chi connectivity index (χ1) is 12.1. The average Bonchev–Trinajstić information content (AvgIpc) is 2.61. The topological polar surface area (TPSA) is 182 Å². The van der Waals surface area contributed by atoms with E-state index in [0.717, 1.165) is 0 Å². The molecule has 1 saturated heterocycles. The second kappa shape index (κ2) is 5.97. The van der Waals surface area contributed by atoms with Gasteiger partial charge in [-0.1, -0.05) is 24.3 Å². The maximum atomic E-state index is 12.7. The van der Waals surface area contributed by atoms with Crippen LogP contribution in [0, 0.1) is 0 Å². The Morgan fingerprint density at radius 1 is 1.00 bits per heavy atom. The number of benzene rings is 1. The average molecular weight is 366 g/mol. The van der Waals surface area contributed by atoms with Crippen LogP contribution in [-0.4, -0.2) is 78.4 Å². The zero-order chi connectivity index (χ0) is 19.4. The molecule has 1 aliphatic carbocycles. The third kappa shape index (κ3) is 2.35. The summed E-state index contributed by atoms with van der Waals surface area (Å²) in [4.78, 5) is 36.2. The molecule has 0 spiro atoms. The van der Waals surface area contributed by atoms with E-state index in [9.17, 15) is 39.9 Å². The Balaban J connectivity index is 2.17. The van der Waals surface area contributed by atoms with Gasteiger partial charge in [0.1, 0.15) is 23.9 Å². The van der Waals surface area contributed by atoms with E-state index in [-0.39, 0.29) is 11.1 Å². The molecular formula is C16H14O10. The van der Waals surface area contributed by atoms with Gasteiger partial charge in [-0.3, -0.25) is 9.59 Å². The highest BCUT2D eigenvalue weighted by Crippen LogP contribution is 2.39. The lowest BCUT2D eigenvalue weighted by Gasteiger charge is -2.45. The fourth-order valence-electron chi connectivity index (χ4n) is 3.03. The molecule has 6 N–H and O–H groups in total. The van der Waals surface area contributed by atoms with E-state index >= 15 is 0 Å². The van der Waals surface area contributed by atoms with Crippen molar-refractivity contribution in [3.63, 3.8) is 0 Å². The van der Waals surface area contributed by atoms with Gasteiger partial charge in [-0.25, -0.2) is 4.79 Å². The number of aliphatic hydroxyl groups is 5. The van der Waals surface area contributed by atoms with Gasteiger partial charge in [0, 0.05) is 11.1 Å². The van der Waals surface area contributed by atoms with Gasteiger partial charge in [0.05, 0.1) is 0 Å². The van der Waals surface area contributed by atoms with E-state index < -0.39 is 59.1 Å². The number of hydrogen-bond donors (Lipinski definition) is 6. The number of carboxylic acid groups (broad SMARTS) is 1. The Hall–Kier alpha value is -2.63. The van der Waals surface area contributed by atoms with E-state index in [4.69, 9.17) is 9.84 Å². The predicted molar refractivity (Wildman–Crippen MR) is 80.2 cm³/mol. The SMILES string of the molecule is O=C1C(O)=C(C2(O)O[C@H](C(=O)O)[C@@H](O)[C@H](O)[C@H]2O)C(=O)c2ccccc21. The van der Waals surface area contributed by atoms with Gasteiger partial charge in [0.2, 0.25) is 11.6 Å². The Bertz CT molecular complexity index is 843. The molecule has 26 heavy (non-hydrogen) atoms. The van der Waals surface area contributed by atoms with Gasteiger partial charge >= 0.3 is 5.97 Å². The van der Waals surface area contributed by atoms with Crippen LogP contribution in [0.5, 0.6) is 0 Å². The lowest BCUT2D eigenvalue weighted by Crippen LogP contribution is -2.67. The quantitative estimate of drug-likeness (QED) is 0.347. The van der Waals surface area contributed by atoms with Crippen LogP contribution in [0.15, 0.2) is 35.6 Å². The number of allylic oxidation sites excluding steroid dienone is 1. The largest absolute Gasteiger partial charge is 0.504 e. The number of fused-ring (bicyclic) bond motifs is 1. The summed E-state index contributed by atoms with van der Waals surface area (Å²) >= 11 is 0. The highest BCUT2D eigenvalue weighted by Gasteiger charge is 2.60. The zero-order valence-corrected chi connectivity index (χ0v) is 12.9. The van der Waals surface area contributed by atoms with Crippen molar-refractivity contribution < 1.29 is 49.8 Å². The number of aliphatic hydroxyl groups excluding tert-OH is 4. The molecule has 2 aliphatic rings. The molecule has 0 saturated carbocycles. The van der Waals surface area contributed by atoms with Gasteiger partial charge in [-0.05, 0) is 0 Å². The standard InChI is InChI=1S/C16H14O10/c17-8-5-3-1-2-4-6(5)9(18)10(19)7(8)16(25)14(22)12(21)11(20)13(26-16)15(23)24/h1-4,11-14,19-22,25H,(H,23,24)/t11-,12-,13-,14+,16?/m0/s1. The highest BCUT2D eigenvalue weighted by molar-refractivity contribution is 6.26. The number of hydrogen-bond acceptors (Lipinski definition) is 9. The molecule has 0 radical (unpaired) electrons. The summed E-state index contributed by atoms with van der Waals surface area (Å²) in [5, 5.41) is 59.5. The minimum Gasteiger partial charge on any atom is -0.504 e. The van der Waals surface area contributed by atoms with E-state index in [2.05, 4.69) is 0 Å². The van der Waals surface area contributed by atoms with Crippen LogP contribution < -0.4 is 0 Å². The first kappa shape index (κ1) is 18.2. The number of aliphatic carboxylic acids is 1. The Morgan fingerprint density at radius 3 is 2.08 bits per heavy atom. The molecule has 1 unspecified atom stereocenters. The monoisotopic (exact) mass is 366 g/mol. The third-order valence-corrected chi connectivity index (χ3v) is 4.39. The lowest BCUT2D eigenvalue weighted by atomic mass is 9.79. The number of ether oxygens (including phenoxy) is 1. The van der Waals surface area contributed by atoms with Crippen molar-refractivity contribution in [1.29, 1.82) is 0 Å². The van der Waals surface area contributed by atoms with Crippen LogP contribution >= 0.6 is 0 Å². The number of carbonyl (C=O) groups excluding carboxylic acids is 2. The minimum absolute atomic E-state index is 0.164. The molecule has 10 nitrogen and oxygen atoms in total. The van der Waals surface area contributed by atoms with Gasteiger partial charge in [-0.2, -0.15) is 0 Å². The van der Waals surface area contributed by atoms with Crippen molar-refractivity contribution in [2.75, 3.05) is 0 Å². The minimum atomic E-state index is -3.24. The molecule has 0 amide bonds. The molecule has 0 aromatic heterocycles. The third-order valence-electron chi connectivity index (χ3n) is 4.39. The van der Waals surface area contributed by atoms with Crippen molar-refractivity contribution in [3.05, 3.63) is 46.7 Å². The van der Waals surface area contributed by atoms with Crippen LogP contribution in [-0.2, 0) is 9.53 Å². The van der Waals surface area contributed by atoms with Crippen molar-refractivity contribution in [2.45, 2.75) is 30.2 Å². The molecule has 5 atom stereocenters. The summed E-state index contributed by atoms with van der Waals surface area (Å²) in [6, 6.07) is 5.32. The summed E-state index contributed by atoms with van der Waals surface area (Å²) in [7, 11) is 0. The highest BCUT2D eigenvalue weighted by atomic mass is 16.7.